The second-order valence-electron chi connectivity index (χ2n) is 14.1. The van der Waals surface area contributed by atoms with Gasteiger partial charge in [-0.15, -0.1) is 0 Å². The highest BCUT2D eigenvalue weighted by molar-refractivity contribution is 5.81. The van der Waals surface area contributed by atoms with Crippen LogP contribution in [-0.2, 0) is 33.2 Å². The van der Waals surface area contributed by atoms with Gasteiger partial charge in [0.05, 0.1) is 26.4 Å². The molecular weight excluding hydrogens is 776 g/mol. The van der Waals surface area contributed by atoms with Crippen LogP contribution in [0.4, 0.5) is 0 Å². The van der Waals surface area contributed by atoms with Crippen molar-refractivity contribution in [3.63, 3.8) is 0 Å². The van der Waals surface area contributed by atoms with E-state index in [1.54, 1.807) is 13.0 Å². The topological polar surface area (TPSA) is 367 Å². The number of aliphatic hydroxyl groups excluding tert-OH is 13. The molecule has 0 unspecified atom stereocenters. The molecule has 4 saturated heterocycles. The van der Waals surface area contributed by atoms with Gasteiger partial charge in [-0.05, 0) is 24.6 Å². The van der Waals surface area contributed by atoms with Crippen LogP contribution in [0.3, 0.4) is 0 Å². The predicted octanol–water partition coefficient (Wildman–Crippen LogP) is -7.25. The highest BCUT2D eigenvalue weighted by Gasteiger charge is 2.55. The summed E-state index contributed by atoms with van der Waals surface area (Å²) in [5.74, 6) is 0.0316. The third kappa shape index (κ3) is 8.84. The maximum absolute atomic E-state index is 11.9. The molecule has 23 nitrogen and oxygen atoms in total. The van der Waals surface area contributed by atoms with E-state index in [9.17, 15) is 71.2 Å². The van der Waals surface area contributed by atoms with Gasteiger partial charge in [-0.3, -0.25) is 0 Å². The third-order valence-electron chi connectivity index (χ3n) is 10.4. The van der Waals surface area contributed by atoms with E-state index in [-0.39, 0.29) is 11.3 Å². The van der Waals surface area contributed by atoms with Crippen LogP contribution >= 0.6 is 0 Å². The van der Waals surface area contributed by atoms with E-state index in [1.807, 2.05) is 0 Å². The quantitative estimate of drug-likeness (QED) is 0.0884. The van der Waals surface area contributed by atoms with Gasteiger partial charge in [0.2, 0.25) is 6.29 Å². The van der Waals surface area contributed by atoms with Crippen LogP contribution in [0.2, 0.25) is 0 Å². The molecule has 57 heavy (non-hydrogen) atoms. The van der Waals surface area contributed by atoms with Crippen molar-refractivity contribution in [2.45, 2.75) is 130 Å². The smallest absolute Gasteiger partial charge is 0.336 e. The Labute approximate surface area is 321 Å². The molecule has 20 atom stereocenters. The zero-order chi connectivity index (χ0) is 41.5. The largest absolute Gasteiger partial charge is 0.462 e. The molecule has 4 aliphatic rings. The SMILES string of the molecule is Cc1cc(=O)oc2cc(O[C@@H]3O[C@H](CO)[C@@H](O)[C@H](O[C@@H]4O[C@H](CO)[C@@H](O)[C@H](O[C@@H]5O[C@H](CO)[C@@H](O)[C@H](O[C@@H]6O[C@H](CO)[C@@H](O)[C@H](O)[C@H]6O)[C@H]5O)[C@H]4O)[C@H]3O)ccc12. The lowest BCUT2D eigenvalue weighted by molar-refractivity contribution is -0.389. The van der Waals surface area contributed by atoms with Crippen LogP contribution < -0.4 is 10.4 Å². The fraction of sp³-hybridized carbons (Fsp3) is 0.735. The van der Waals surface area contributed by atoms with Crippen molar-refractivity contribution in [1.29, 1.82) is 0 Å². The Morgan fingerprint density at radius 2 is 0.912 bits per heavy atom. The second kappa shape index (κ2) is 18.4. The van der Waals surface area contributed by atoms with Crippen LogP contribution in [0.25, 0.3) is 11.0 Å². The summed E-state index contributed by atoms with van der Waals surface area (Å²) >= 11 is 0. The first-order valence-electron chi connectivity index (χ1n) is 18.0. The number of hydrogen-bond donors (Lipinski definition) is 13. The van der Waals surface area contributed by atoms with Crippen molar-refractivity contribution in [2.24, 2.45) is 0 Å². The van der Waals surface area contributed by atoms with Crippen LogP contribution in [0.1, 0.15) is 5.56 Å². The molecule has 0 amide bonds. The van der Waals surface area contributed by atoms with Gasteiger partial charge in [0.25, 0.3) is 0 Å². The average Bonchev–Trinajstić information content (AvgIpc) is 3.18. The minimum absolute atomic E-state index is 0.0316. The summed E-state index contributed by atoms with van der Waals surface area (Å²) in [4.78, 5) is 11.9. The number of ether oxygens (including phenoxy) is 8. The molecule has 1 aromatic carbocycles. The predicted molar refractivity (Wildman–Crippen MR) is 180 cm³/mol. The van der Waals surface area contributed by atoms with Crippen LogP contribution in [0, 0.1) is 6.92 Å². The van der Waals surface area contributed by atoms with Gasteiger partial charge in [0.15, 0.2) is 18.9 Å². The number of benzene rings is 1. The highest BCUT2D eigenvalue weighted by Crippen LogP contribution is 2.35. The summed E-state index contributed by atoms with van der Waals surface area (Å²) in [6.45, 7) is -1.80. The molecule has 4 aliphatic heterocycles. The fourth-order valence-electron chi connectivity index (χ4n) is 7.12. The monoisotopic (exact) mass is 824 g/mol. The van der Waals surface area contributed by atoms with Gasteiger partial charge >= 0.3 is 5.63 Å². The van der Waals surface area contributed by atoms with Crippen molar-refractivity contribution in [1.82, 2.24) is 0 Å². The van der Waals surface area contributed by atoms with Gasteiger partial charge in [-0.2, -0.15) is 0 Å². The van der Waals surface area contributed by atoms with Crippen molar-refractivity contribution in [3.05, 3.63) is 40.2 Å². The van der Waals surface area contributed by atoms with E-state index in [2.05, 4.69) is 0 Å². The van der Waals surface area contributed by atoms with Crippen molar-refractivity contribution in [2.75, 3.05) is 26.4 Å². The van der Waals surface area contributed by atoms with Crippen LogP contribution in [0.5, 0.6) is 5.75 Å². The standard InChI is InChI=1S/C34H48O23/c1-10-4-18(39)50-13-5-11(2-3-12(10)13)49-32-25(46)28(20(41)15(7-36)52-32)56-34-27(48)30(22(43)17(9-38)54-34)57-33-26(47)29(21(42)16(8-37)53-33)55-31-24(45)23(44)19(40)14(6-35)51-31/h2-5,14-17,19-38,40-48H,6-9H2,1H3/t14-,15-,16-,17-,19-,20-,21-,22-,23+,24-,25-,26-,27-,28+,29+,30+,31+,32-,33+,34+/m1/s1. The molecule has 2 aromatic rings. The van der Waals surface area contributed by atoms with E-state index in [0.29, 0.717) is 10.9 Å². The zero-order valence-corrected chi connectivity index (χ0v) is 30.1. The molecule has 0 saturated carbocycles. The first-order valence-corrected chi connectivity index (χ1v) is 18.0. The first kappa shape index (κ1) is 44.0. The van der Waals surface area contributed by atoms with Gasteiger partial charge in [0, 0.05) is 17.5 Å². The number of aryl methyl sites for hydroxylation is 1. The number of hydrogen-bond acceptors (Lipinski definition) is 23. The molecule has 0 aliphatic carbocycles. The van der Waals surface area contributed by atoms with Gasteiger partial charge in [-0.1, -0.05) is 0 Å². The van der Waals surface area contributed by atoms with E-state index in [0.717, 1.165) is 0 Å². The number of rotatable bonds is 12. The Balaban J connectivity index is 1.19. The Bertz CT molecular complexity index is 1680. The molecule has 322 valence electrons. The fourth-order valence-corrected chi connectivity index (χ4v) is 7.12. The summed E-state index contributed by atoms with van der Waals surface area (Å²) in [5, 5.41) is 138. The van der Waals surface area contributed by atoms with Crippen LogP contribution in [-0.4, -0.2) is 216 Å². The van der Waals surface area contributed by atoms with Crippen LogP contribution in [0.15, 0.2) is 33.5 Å². The lowest BCUT2D eigenvalue weighted by Gasteiger charge is -2.49. The molecule has 6 rings (SSSR count). The summed E-state index contributed by atoms with van der Waals surface area (Å²) in [6.07, 6.45) is -36.4. The Hall–Kier alpha value is -2.57. The number of aliphatic hydroxyl groups is 13. The highest BCUT2D eigenvalue weighted by atomic mass is 16.8. The molecule has 23 heteroatoms. The second-order valence-corrected chi connectivity index (χ2v) is 14.1. The van der Waals surface area contributed by atoms with Crippen molar-refractivity contribution in [3.8, 4) is 5.75 Å². The Morgan fingerprint density at radius 3 is 1.37 bits per heavy atom. The minimum Gasteiger partial charge on any atom is -0.462 e. The molecule has 0 spiro atoms. The Morgan fingerprint density at radius 1 is 0.509 bits per heavy atom. The third-order valence-corrected chi connectivity index (χ3v) is 10.4. The summed E-state index contributed by atoms with van der Waals surface area (Å²) in [5.41, 5.74) is 0.139. The van der Waals surface area contributed by atoms with E-state index < -0.39 is 155 Å². The molecular formula is C34H48O23. The molecule has 13 N–H and O–H groups in total. The minimum atomic E-state index is -2.09. The average molecular weight is 825 g/mol. The Kier molecular flexibility index (Phi) is 14.2. The van der Waals surface area contributed by atoms with Crippen molar-refractivity contribution >= 4 is 11.0 Å². The molecule has 5 heterocycles. The molecule has 1 aromatic heterocycles. The maximum Gasteiger partial charge on any atom is 0.336 e. The lowest BCUT2D eigenvalue weighted by Crippen LogP contribution is -2.68. The van der Waals surface area contributed by atoms with E-state index >= 15 is 0 Å². The van der Waals surface area contributed by atoms with Crippen molar-refractivity contribution < 1.29 is 109 Å². The first-order chi connectivity index (χ1) is 27.1. The van der Waals surface area contributed by atoms with Gasteiger partial charge < -0.3 is 109 Å². The molecule has 0 bridgehead atoms. The lowest BCUT2D eigenvalue weighted by atomic mass is 9.95. The maximum atomic E-state index is 11.9. The van der Waals surface area contributed by atoms with Gasteiger partial charge in [0.1, 0.15) is 109 Å². The van der Waals surface area contributed by atoms with Gasteiger partial charge in [-0.25, -0.2) is 4.79 Å². The zero-order valence-electron chi connectivity index (χ0n) is 30.1. The number of fused-ring (bicyclic) bond motifs is 1. The summed E-state index contributed by atoms with van der Waals surface area (Å²) < 4.78 is 50.1. The van der Waals surface area contributed by atoms with E-state index in [4.69, 9.17) is 42.3 Å². The van der Waals surface area contributed by atoms with E-state index in [1.165, 1.54) is 18.2 Å². The molecule has 4 fully saturated rings. The normalized spacial score (nSPS) is 44.2. The summed E-state index contributed by atoms with van der Waals surface area (Å²) in [6, 6.07) is 5.70. The summed E-state index contributed by atoms with van der Waals surface area (Å²) in [7, 11) is 0. The molecule has 0 radical (unpaired) electrons.